The second-order valence-corrected chi connectivity index (χ2v) is 4.44. The standard InChI is InChI=1S/C10H16O/c1-2-5-8(4-1)10-7-3-6-9(10)11-10/h8-9H,1-7H2. The molecule has 2 unspecified atom stereocenters. The van der Waals surface area contributed by atoms with E-state index in [1.165, 1.54) is 44.9 Å². The average Bonchev–Trinajstić information content (AvgIpc) is 2.56. The molecule has 1 heteroatoms. The van der Waals surface area contributed by atoms with Gasteiger partial charge in [0.15, 0.2) is 0 Å². The second-order valence-electron chi connectivity index (χ2n) is 4.44. The molecule has 1 heterocycles. The molecule has 2 aliphatic carbocycles. The first-order valence-corrected chi connectivity index (χ1v) is 5.10. The molecule has 3 fully saturated rings. The van der Waals surface area contributed by atoms with E-state index in [0.717, 1.165) is 5.92 Å². The van der Waals surface area contributed by atoms with Gasteiger partial charge in [-0.2, -0.15) is 0 Å². The minimum absolute atomic E-state index is 0.441. The Balaban J connectivity index is 1.77. The van der Waals surface area contributed by atoms with Crippen molar-refractivity contribution in [1.29, 1.82) is 0 Å². The van der Waals surface area contributed by atoms with E-state index in [0.29, 0.717) is 11.7 Å². The van der Waals surface area contributed by atoms with Gasteiger partial charge in [0, 0.05) is 0 Å². The number of hydrogen-bond acceptors (Lipinski definition) is 1. The second kappa shape index (κ2) is 2.01. The highest BCUT2D eigenvalue weighted by atomic mass is 16.6. The van der Waals surface area contributed by atoms with Gasteiger partial charge in [-0.1, -0.05) is 12.8 Å². The van der Waals surface area contributed by atoms with Crippen LogP contribution >= 0.6 is 0 Å². The molecule has 2 saturated carbocycles. The Kier molecular flexibility index (Phi) is 1.18. The third-order valence-electron chi connectivity index (χ3n) is 3.93. The lowest BCUT2D eigenvalue weighted by molar-refractivity contribution is 0.189. The van der Waals surface area contributed by atoms with Crippen LogP contribution in [-0.4, -0.2) is 11.7 Å². The molecular weight excluding hydrogens is 136 g/mol. The van der Waals surface area contributed by atoms with Gasteiger partial charge in [0.05, 0.1) is 11.7 Å². The van der Waals surface area contributed by atoms with Crippen LogP contribution in [0.15, 0.2) is 0 Å². The third kappa shape index (κ3) is 0.752. The Morgan fingerprint density at radius 3 is 2.36 bits per heavy atom. The normalized spacial score (nSPS) is 49.6. The summed E-state index contributed by atoms with van der Waals surface area (Å²) in [4.78, 5) is 0. The highest BCUT2D eigenvalue weighted by Gasteiger charge is 2.63. The number of rotatable bonds is 1. The fourth-order valence-corrected chi connectivity index (χ4v) is 3.30. The molecule has 0 N–H and O–H groups in total. The minimum atomic E-state index is 0.441. The summed E-state index contributed by atoms with van der Waals surface area (Å²) in [6.07, 6.45) is 10.7. The highest BCUT2D eigenvalue weighted by molar-refractivity contribution is 5.11. The average molecular weight is 152 g/mol. The zero-order chi connectivity index (χ0) is 7.31. The lowest BCUT2D eigenvalue weighted by Crippen LogP contribution is -2.20. The molecule has 0 amide bonds. The van der Waals surface area contributed by atoms with Gasteiger partial charge in [-0.3, -0.25) is 0 Å². The maximum Gasteiger partial charge on any atom is 0.0976 e. The summed E-state index contributed by atoms with van der Waals surface area (Å²) in [5.41, 5.74) is 0.441. The summed E-state index contributed by atoms with van der Waals surface area (Å²) < 4.78 is 5.82. The van der Waals surface area contributed by atoms with Gasteiger partial charge in [0.2, 0.25) is 0 Å². The van der Waals surface area contributed by atoms with Gasteiger partial charge in [0.25, 0.3) is 0 Å². The molecule has 0 spiro atoms. The van der Waals surface area contributed by atoms with E-state index < -0.39 is 0 Å². The summed E-state index contributed by atoms with van der Waals surface area (Å²) in [5, 5.41) is 0. The van der Waals surface area contributed by atoms with Crippen LogP contribution in [0.5, 0.6) is 0 Å². The molecule has 62 valence electrons. The molecule has 3 aliphatic rings. The van der Waals surface area contributed by atoms with E-state index in [-0.39, 0.29) is 0 Å². The Morgan fingerprint density at radius 2 is 1.82 bits per heavy atom. The van der Waals surface area contributed by atoms with Crippen LogP contribution in [0.1, 0.15) is 44.9 Å². The monoisotopic (exact) mass is 152 g/mol. The van der Waals surface area contributed by atoms with Gasteiger partial charge in [0.1, 0.15) is 0 Å². The topological polar surface area (TPSA) is 12.5 Å². The van der Waals surface area contributed by atoms with Gasteiger partial charge in [-0.15, -0.1) is 0 Å². The largest absolute Gasteiger partial charge is 0.366 e. The zero-order valence-electron chi connectivity index (χ0n) is 7.01. The SMILES string of the molecule is C1CCC(C23CCCC2O3)C1. The van der Waals surface area contributed by atoms with Crippen LogP contribution in [0, 0.1) is 5.92 Å². The van der Waals surface area contributed by atoms with Crippen molar-refractivity contribution in [2.45, 2.75) is 56.7 Å². The first-order valence-electron chi connectivity index (χ1n) is 5.10. The number of ether oxygens (including phenoxy) is 1. The fraction of sp³-hybridized carbons (Fsp3) is 1.00. The first-order chi connectivity index (χ1) is 5.42. The van der Waals surface area contributed by atoms with Crippen molar-refractivity contribution in [3.8, 4) is 0 Å². The van der Waals surface area contributed by atoms with Crippen molar-refractivity contribution in [1.82, 2.24) is 0 Å². The van der Waals surface area contributed by atoms with E-state index in [4.69, 9.17) is 4.74 Å². The summed E-state index contributed by atoms with van der Waals surface area (Å²) in [6.45, 7) is 0. The summed E-state index contributed by atoms with van der Waals surface area (Å²) >= 11 is 0. The quantitative estimate of drug-likeness (QED) is 0.526. The van der Waals surface area contributed by atoms with Crippen molar-refractivity contribution >= 4 is 0 Å². The molecule has 2 atom stereocenters. The van der Waals surface area contributed by atoms with Crippen LogP contribution in [0.4, 0.5) is 0 Å². The Labute approximate surface area is 68.1 Å². The van der Waals surface area contributed by atoms with Crippen LogP contribution < -0.4 is 0 Å². The van der Waals surface area contributed by atoms with E-state index >= 15 is 0 Å². The molecule has 1 nitrogen and oxygen atoms in total. The molecule has 0 aromatic rings. The maximum atomic E-state index is 5.82. The van der Waals surface area contributed by atoms with Crippen LogP contribution in [-0.2, 0) is 4.74 Å². The molecule has 1 saturated heterocycles. The van der Waals surface area contributed by atoms with Gasteiger partial charge in [-0.05, 0) is 38.0 Å². The van der Waals surface area contributed by atoms with E-state index in [1.807, 2.05) is 0 Å². The van der Waals surface area contributed by atoms with Crippen LogP contribution in [0.25, 0.3) is 0 Å². The minimum Gasteiger partial charge on any atom is -0.366 e. The van der Waals surface area contributed by atoms with Crippen molar-refractivity contribution in [3.05, 3.63) is 0 Å². The van der Waals surface area contributed by atoms with Crippen LogP contribution in [0.2, 0.25) is 0 Å². The highest BCUT2D eigenvalue weighted by Crippen LogP contribution is 2.58. The summed E-state index contributed by atoms with van der Waals surface area (Å²) in [5.74, 6) is 0.954. The number of hydrogen-bond donors (Lipinski definition) is 0. The third-order valence-corrected chi connectivity index (χ3v) is 3.93. The van der Waals surface area contributed by atoms with Crippen molar-refractivity contribution in [3.63, 3.8) is 0 Å². The van der Waals surface area contributed by atoms with E-state index in [2.05, 4.69) is 0 Å². The van der Waals surface area contributed by atoms with Gasteiger partial charge < -0.3 is 4.74 Å². The molecular formula is C10H16O. The van der Waals surface area contributed by atoms with Crippen molar-refractivity contribution in [2.24, 2.45) is 5.92 Å². The predicted octanol–water partition coefficient (Wildman–Crippen LogP) is 2.50. The lowest BCUT2D eigenvalue weighted by atomic mass is 9.89. The first kappa shape index (κ1) is 6.47. The maximum absolute atomic E-state index is 5.82. The fourth-order valence-electron chi connectivity index (χ4n) is 3.30. The summed E-state index contributed by atoms with van der Waals surface area (Å²) in [6, 6.07) is 0. The summed E-state index contributed by atoms with van der Waals surface area (Å²) in [7, 11) is 0. The molecule has 1 aliphatic heterocycles. The lowest BCUT2D eigenvalue weighted by Gasteiger charge is -2.15. The van der Waals surface area contributed by atoms with E-state index in [9.17, 15) is 0 Å². The molecule has 3 rings (SSSR count). The Hall–Kier alpha value is -0.0400. The van der Waals surface area contributed by atoms with Gasteiger partial charge >= 0.3 is 0 Å². The van der Waals surface area contributed by atoms with Gasteiger partial charge in [-0.25, -0.2) is 0 Å². The Morgan fingerprint density at radius 1 is 1.00 bits per heavy atom. The molecule has 11 heavy (non-hydrogen) atoms. The number of fused-ring (bicyclic) bond motifs is 1. The zero-order valence-corrected chi connectivity index (χ0v) is 7.01. The molecule has 0 radical (unpaired) electrons. The van der Waals surface area contributed by atoms with Crippen LogP contribution in [0.3, 0.4) is 0 Å². The van der Waals surface area contributed by atoms with Crippen molar-refractivity contribution in [2.75, 3.05) is 0 Å². The molecule has 0 bridgehead atoms. The molecule has 0 aromatic carbocycles. The number of epoxide rings is 1. The molecule has 0 aromatic heterocycles. The Bertz CT molecular complexity index is 172. The van der Waals surface area contributed by atoms with Crippen molar-refractivity contribution < 1.29 is 4.74 Å². The van der Waals surface area contributed by atoms with E-state index in [1.54, 1.807) is 0 Å². The predicted molar refractivity (Wildman–Crippen MR) is 43.4 cm³/mol. The smallest absolute Gasteiger partial charge is 0.0976 e.